The van der Waals surface area contributed by atoms with Gasteiger partial charge in [-0.2, -0.15) is 0 Å². The molecule has 0 aromatic heterocycles. The highest BCUT2D eigenvalue weighted by Gasteiger charge is 2.26. The second-order valence-corrected chi connectivity index (χ2v) is 10.9. The lowest BCUT2D eigenvalue weighted by molar-refractivity contribution is 0.237. The van der Waals surface area contributed by atoms with Crippen LogP contribution in [-0.2, 0) is 30.5 Å². The van der Waals surface area contributed by atoms with E-state index in [1.807, 2.05) is 24.3 Å². The highest BCUT2D eigenvalue weighted by molar-refractivity contribution is 5.49. The van der Waals surface area contributed by atoms with Crippen molar-refractivity contribution in [1.29, 1.82) is 0 Å². The minimum Gasteiger partial charge on any atom is -0.508 e. The molecule has 4 heteroatoms. The van der Waals surface area contributed by atoms with Crippen molar-refractivity contribution in [3.63, 3.8) is 0 Å². The maximum absolute atomic E-state index is 11.3. The first kappa shape index (κ1) is 24.7. The number of rotatable bonds is 6. The Morgan fingerprint density at radius 3 is 1.48 bits per heavy atom. The molecule has 4 nitrogen and oxygen atoms in total. The van der Waals surface area contributed by atoms with Gasteiger partial charge in [0.05, 0.1) is 0 Å². The summed E-state index contributed by atoms with van der Waals surface area (Å²) < 4.78 is 0. The van der Waals surface area contributed by atoms with E-state index in [0.29, 0.717) is 25.4 Å². The highest BCUT2D eigenvalue weighted by atomic mass is 16.3. The number of nitrogens with zero attached hydrogens (tertiary/aromatic N) is 1. The van der Waals surface area contributed by atoms with E-state index in [2.05, 4.69) is 58.6 Å². The van der Waals surface area contributed by atoms with E-state index < -0.39 is 0 Å². The fourth-order valence-electron chi connectivity index (χ4n) is 4.00. The van der Waals surface area contributed by atoms with E-state index in [0.717, 1.165) is 22.3 Å². The lowest BCUT2D eigenvalue weighted by Crippen LogP contribution is -2.24. The molecule has 0 fully saturated rings. The summed E-state index contributed by atoms with van der Waals surface area (Å²) in [5, 5.41) is 32.0. The molecule has 0 aliphatic heterocycles. The number of benzene rings is 3. The molecule has 0 heterocycles. The predicted octanol–water partition coefficient (Wildman–Crippen LogP) is 6.60. The topological polar surface area (TPSA) is 63.9 Å². The van der Waals surface area contributed by atoms with Crippen molar-refractivity contribution in [2.24, 2.45) is 0 Å². The monoisotopic (exact) mass is 447 g/mol. The maximum atomic E-state index is 11.3. The molecule has 0 amide bonds. The molecule has 0 unspecified atom stereocenters. The zero-order chi connectivity index (χ0) is 24.4. The van der Waals surface area contributed by atoms with Crippen molar-refractivity contribution in [2.45, 2.75) is 72.0 Å². The van der Waals surface area contributed by atoms with Gasteiger partial charge in [0.2, 0.25) is 0 Å². The molecule has 0 aliphatic carbocycles. The third kappa shape index (κ3) is 6.08. The van der Waals surface area contributed by atoms with E-state index in [9.17, 15) is 15.3 Å². The van der Waals surface area contributed by atoms with Crippen LogP contribution in [0.15, 0.2) is 60.7 Å². The van der Waals surface area contributed by atoms with Gasteiger partial charge in [-0.15, -0.1) is 0 Å². The molecule has 0 bridgehead atoms. The quantitative estimate of drug-likeness (QED) is 0.398. The van der Waals surface area contributed by atoms with E-state index in [-0.39, 0.29) is 22.3 Å². The molecule has 176 valence electrons. The Bertz CT molecular complexity index is 1060. The minimum absolute atomic E-state index is 0.0668. The number of hydrogen-bond acceptors (Lipinski definition) is 4. The van der Waals surface area contributed by atoms with Crippen LogP contribution >= 0.6 is 0 Å². The van der Waals surface area contributed by atoms with Crippen molar-refractivity contribution in [1.82, 2.24) is 4.90 Å². The third-order valence-corrected chi connectivity index (χ3v) is 6.03. The van der Waals surface area contributed by atoms with Crippen LogP contribution in [-0.4, -0.2) is 20.2 Å². The first-order valence-corrected chi connectivity index (χ1v) is 11.5. The number of phenols is 3. The summed E-state index contributed by atoms with van der Waals surface area (Å²) in [7, 11) is 0. The van der Waals surface area contributed by atoms with Crippen LogP contribution in [0.25, 0.3) is 0 Å². The Kier molecular flexibility index (Phi) is 7.08. The number of para-hydroxylation sites is 2. The first-order valence-electron chi connectivity index (χ1n) is 11.5. The predicted molar refractivity (Wildman–Crippen MR) is 135 cm³/mol. The lowest BCUT2D eigenvalue weighted by Gasteiger charge is -2.30. The van der Waals surface area contributed by atoms with E-state index >= 15 is 0 Å². The van der Waals surface area contributed by atoms with Crippen LogP contribution in [0.2, 0.25) is 0 Å². The summed E-state index contributed by atoms with van der Waals surface area (Å²) in [6.07, 6.45) is 0. The number of hydrogen-bond donors (Lipinski definition) is 3. The van der Waals surface area contributed by atoms with Crippen molar-refractivity contribution in [2.75, 3.05) is 0 Å². The normalized spacial score (nSPS) is 12.3. The molecule has 0 saturated heterocycles. The molecule has 0 atom stereocenters. The average Bonchev–Trinajstić information content (AvgIpc) is 2.71. The van der Waals surface area contributed by atoms with E-state index in [1.54, 1.807) is 24.3 Å². The summed E-state index contributed by atoms with van der Waals surface area (Å²) >= 11 is 0. The van der Waals surface area contributed by atoms with Crippen LogP contribution in [0.1, 0.15) is 69.4 Å². The molecule has 3 aromatic carbocycles. The second kappa shape index (κ2) is 9.48. The van der Waals surface area contributed by atoms with Gasteiger partial charge in [0.25, 0.3) is 0 Å². The van der Waals surface area contributed by atoms with Gasteiger partial charge in [0, 0.05) is 36.3 Å². The van der Waals surface area contributed by atoms with Crippen LogP contribution in [0, 0.1) is 0 Å². The van der Waals surface area contributed by atoms with Crippen LogP contribution in [0.3, 0.4) is 0 Å². The maximum Gasteiger partial charge on any atom is 0.123 e. The molecule has 0 saturated carbocycles. The third-order valence-electron chi connectivity index (χ3n) is 6.03. The van der Waals surface area contributed by atoms with Crippen LogP contribution in [0.4, 0.5) is 0 Å². The smallest absolute Gasteiger partial charge is 0.123 e. The SMILES string of the molecule is CC(C)(C)c1cc(CN(Cc2ccccc2O)Cc2ccccc2O)c(O)c(C(C)(C)C)c1. The van der Waals surface area contributed by atoms with Gasteiger partial charge in [-0.1, -0.05) is 90.1 Å². The van der Waals surface area contributed by atoms with Gasteiger partial charge in [-0.25, -0.2) is 0 Å². The molecule has 3 N–H and O–H groups in total. The molecule has 0 spiro atoms. The Labute approximate surface area is 198 Å². The van der Waals surface area contributed by atoms with Gasteiger partial charge < -0.3 is 15.3 Å². The molecular formula is C29H37NO3. The molecule has 0 radical (unpaired) electrons. The Morgan fingerprint density at radius 1 is 0.606 bits per heavy atom. The van der Waals surface area contributed by atoms with Gasteiger partial charge in [0.1, 0.15) is 17.2 Å². The zero-order valence-electron chi connectivity index (χ0n) is 20.7. The zero-order valence-corrected chi connectivity index (χ0v) is 20.7. The van der Waals surface area contributed by atoms with Gasteiger partial charge in [-0.05, 0) is 34.1 Å². The summed E-state index contributed by atoms with van der Waals surface area (Å²) in [6, 6.07) is 18.8. The molecule has 0 aliphatic rings. The molecular weight excluding hydrogens is 410 g/mol. The number of phenolic OH excluding ortho intramolecular Hbond substituents is 3. The molecule has 3 rings (SSSR count). The first-order chi connectivity index (χ1) is 15.4. The Morgan fingerprint density at radius 2 is 1.06 bits per heavy atom. The van der Waals surface area contributed by atoms with Crippen molar-refractivity contribution >= 4 is 0 Å². The van der Waals surface area contributed by atoms with Gasteiger partial charge >= 0.3 is 0 Å². The van der Waals surface area contributed by atoms with E-state index in [4.69, 9.17) is 0 Å². The molecule has 3 aromatic rings. The van der Waals surface area contributed by atoms with Crippen LogP contribution < -0.4 is 0 Å². The largest absolute Gasteiger partial charge is 0.508 e. The lowest BCUT2D eigenvalue weighted by atomic mass is 9.79. The van der Waals surface area contributed by atoms with Crippen LogP contribution in [0.5, 0.6) is 17.2 Å². The van der Waals surface area contributed by atoms with E-state index in [1.165, 1.54) is 5.56 Å². The number of aromatic hydroxyl groups is 3. The summed E-state index contributed by atoms with van der Waals surface area (Å²) in [5.74, 6) is 0.792. The van der Waals surface area contributed by atoms with Gasteiger partial charge in [-0.3, -0.25) is 4.90 Å². The highest BCUT2D eigenvalue weighted by Crippen LogP contribution is 2.38. The average molecular weight is 448 g/mol. The summed E-state index contributed by atoms with van der Waals surface area (Å²) in [4.78, 5) is 2.14. The fraction of sp³-hybridized carbons (Fsp3) is 0.379. The van der Waals surface area contributed by atoms with Crippen molar-refractivity contribution in [3.8, 4) is 17.2 Å². The standard InChI is InChI=1S/C29H37NO3/c1-28(2,3)23-15-22(27(33)24(16-23)29(4,5)6)19-30(17-20-11-7-9-13-25(20)31)18-21-12-8-10-14-26(21)32/h7-16,31-33H,17-19H2,1-6H3. The second-order valence-electron chi connectivity index (χ2n) is 10.9. The van der Waals surface area contributed by atoms with Gasteiger partial charge in [0.15, 0.2) is 0 Å². The Balaban J connectivity index is 2.06. The van der Waals surface area contributed by atoms with Crippen molar-refractivity contribution in [3.05, 3.63) is 88.5 Å². The molecule has 33 heavy (non-hydrogen) atoms. The summed E-state index contributed by atoms with van der Waals surface area (Å²) in [5.41, 5.74) is 4.27. The Hall–Kier alpha value is -2.98. The minimum atomic E-state index is -0.208. The van der Waals surface area contributed by atoms with Crippen molar-refractivity contribution < 1.29 is 15.3 Å². The fourth-order valence-corrected chi connectivity index (χ4v) is 4.00. The summed E-state index contributed by atoms with van der Waals surface area (Å²) in [6.45, 7) is 14.3.